The molecule has 0 amide bonds. The molecule has 0 rings (SSSR count). The van der Waals surface area contributed by atoms with Gasteiger partial charge in [0.25, 0.3) is 0 Å². The topological polar surface area (TPSA) is 21.3 Å². The Labute approximate surface area is 109 Å². The summed E-state index contributed by atoms with van der Waals surface area (Å²) in [5.41, 5.74) is 0. The third kappa shape index (κ3) is 9.61. The molecule has 0 aliphatic heterocycles. The van der Waals surface area contributed by atoms with E-state index in [4.69, 9.17) is 4.74 Å². The second kappa shape index (κ2) is 11.0. The minimum Gasteiger partial charge on any atom is -0.380 e. The summed E-state index contributed by atoms with van der Waals surface area (Å²) >= 11 is 0. The third-order valence-corrected chi connectivity index (χ3v) is 3.30. The minimum atomic E-state index is 0.496. The zero-order valence-electron chi connectivity index (χ0n) is 12.6. The molecule has 0 bridgehead atoms. The Balaban J connectivity index is 3.74. The summed E-state index contributed by atoms with van der Waals surface area (Å²) < 4.78 is 5.54. The summed E-state index contributed by atoms with van der Waals surface area (Å²) in [5, 5.41) is 3.70. The molecule has 2 atom stereocenters. The molecule has 0 radical (unpaired) electrons. The van der Waals surface area contributed by atoms with Crippen molar-refractivity contribution in [2.24, 2.45) is 5.92 Å². The average Bonchev–Trinajstić information content (AvgIpc) is 2.29. The van der Waals surface area contributed by atoms with Gasteiger partial charge in [0.05, 0.1) is 6.61 Å². The van der Waals surface area contributed by atoms with Crippen LogP contribution in [0.5, 0.6) is 0 Å². The fraction of sp³-hybridized carbons (Fsp3) is 1.00. The summed E-state index contributed by atoms with van der Waals surface area (Å²) in [7, 11) is 0. The molecule has 0 saturated heterocycles. The van der Waals surface area contributed by atoms with Crippen molar-refractivity contribution < 1.29 is 4.74 Å². The molecule has 0 aliphatic rings. The lowest BCUT2D eigenvalue weighted by Gasteiger charge is -2.26. The Bertz CT molecular complexity index is 159. The molecular formula is C15H33NO. The van der Waals surface area contributed by atoms with Gasteiger partial charge in [-0.05, 0) is 26.2 Å². The van der Waals surface area contributed by atoms with Crippen LogP contribution in [0.2, 0.25) is 0 Å². The summed E-state index contributed by atoms with van der Waals surface area (Å²) in [6, 6.07) is 1.11. The quantitative estimate of drug-likeness (QED) is 0.554. The Kier molecular flexibility index (Phi) is 11.0. The first-order chi connectivity index (χ1) is 8.11. The molecule has 0 aromatic rings. The van der Waals surface area contributed by atoms with E-state index in [1.54, 1.807) is 0 Å². The molecule has 0 saturated carbocycles. The zero-order valence-corrected chi connectivity index (χ0v) is 12.6. The summed E-state index contributed by atoms with van der Waals surface area (Å²) in [6.07, 6.45) is 6.71. The van der Waals surface area contributed by atoms with Gasteiger partial charge in [-0.2, -0.15) is 0 Å². The lowest BCUT2D eigenvalue weighted by atomic mass is 10.0. The lowest BCUT2D eigenvalue weighted by molar-refractivity contribution is 0.103. The van der Waals surface area contributed by atoms with Gasteiger partial charge in [-0.1, -0.05) is 46.5 Å². The van der Waals surface area contributed by atoms with E-state index in [-0.39, 0.29) is 0 Å². The second-order valence-corrected chi connectivity index (χ2v) is 5.43. The van der Waals surface area contributed by atoms with Crippen LogP contribution >= 0.6 is 0 Å². The van der Waals surface area contributed by atoms with E-state index >= 15 is 0 Å². The molecule has 0 aromatic heterocycles. The molecule has 0 heterocycles. The van der Waals surface area contributed by atoms with Gasteiger partial charge in [-0.3, -0.25) is 0 Å². The predicted octanol–water partition coefficient (Wildman–Crippen LogP) is 4.00. The van der Waals surface area contributed by atoms with Crippen molar-refractivity contribution in [1.29, 1.82) is 0 Å². The van der Waals surface area contributed by atoms with Gasteiger partial charge >= 0.3 is 0 Å². The van der Waals surface area contributed by atoms with Crippen molar-refractivity contribution in [3.63, 3.8) is 0 Å². The van der Waals surface area contributed by atoms with Crippen LogP contribution in [-0.4, -0.2) is 25.3 Å². The Morgan fingerprint density at radius 3 is 2.24 bits per heavy atom. The Hall–Kier alpha value is -0.0800. The fourth-order valence-corrected chi connectivity index (χ4v) is 2.00. The van der Waals surface area contributed by atoms with E-state index in [2.05, 4.69) is 39.9 Å². The highest BCUT2D eigenvalue weighted by Crippen LogP contribution is 2.09. The number of rotatable bonds is 11. The van der Waals surface area contributed by atoms with Gasteiger partial charge in [0, 0.05) is 18.7 Å². The van der Waals surface area contributed by atoms with Crippen molar-refractivity contribution in [3.8, 4) is 0 Å². The maximum atomic E-state index is 5.54. The van der Waals surface area contributed by atoms with Crippen molar-refractivity contribution in [3.05, 3.63) is 0 Å². The number of hydrogen-bond donors (Lipinski definition) is 1. The Morgan fingerprint density at radius 1 is 1.00 bits per heavy atom. The van der Waals surface area contributed by atoms with E-state index < -0.39 is 0 Å². The summed E-state index contributed by atoms with van der Waals surface area (Å²) in [6.45, 7) is 12.8. The van der Waals surface area contributed by atoms with E-state index in [1.165, 1.54) is 32.1 Å². The lowest BCUT2D eigenvalue weighted by Crippen LogP contribution is -2.43. The first-order valence-electron chi connectivity index (χ1n) is 7.45. The minimum absolute atomic E-state index is 0.496. The van der Waals surface area contributed by atoms with Crippen LogP contribution in [0, 0.1) is 5.92 Å². The first kappa shape index (κ1) is 16.9. The van der Waals surface area contributed by atoms with Gasteiger partial charge in [-0.25, -0.2) is 0 Å². The standard InChI is InChI=1S/C15H33NO/c1-6-8-9-10-11-14(5)16-15(13(3)4)12-17-7-2/h13-16H,6-12H2,1-5H3. The van der Waals surface area contributed by atoms with Crippen LogP contribution in [0.15, 0.2) is 0 Å². The summed E-state index contributed by atoms with van der Waals surface area (Å²) in [5.74, 6) is 0.639. The number of unbranched alkanes of at least 4 members (excludes halogenated alkanes) is 3. The van der Waals surface area contributed by atoms with Gasteiger partial charge in [0.2, 0.25) is 0 Å². The molecular weight excluding hydrogens is 210 g/mol. The normalized spacial score (nSPS) is 15.2. The van der Waals surface area contributed by atoms with Crippen LogP contribution in [0.3, 0.4) is 0 Å². The molecule has 2 heteroatoms. The van der Waals surface area contributed by atoms with Crippen molar-refractivity contribution in [2.45, 2.75) is 78.8 Å². The Morgan fingerprint density at radius 2 is 1.71 bits per heavy atom. The smallest absolute Gasteiger partial charge is 0.0622 e. The predicted molar refractivity (Wildman–Crippen MR) is 76.5 cm³/mol. The maximum Gasteiger partial charge on any atom is 0.0622 e. The largest absolute Gasteiger partial charge is 0.380 e. The van der Waals surface area contributed by atoms with E-state index in [9.17, 15) is 0 Å². The number of hydrogen-bond acceptors (Lipinski definition) is 2. The molecule has 0 aliphatic carbocycles. The van der Waals surface area contributed by atoms with Crippen molar-refractivity contribution in [2.75, 3.05) is 13.2 Å². The third-order valence-electron chi connectivity index (χ3n) is 3.30. The molecule has 104 valence electrons. The highest BCUT2D eigenvalue weighted by Gasteiger charge is 2.15. The van der Waals surface area contributed by atoms with Crippen LogP contribution in [0.25, 0.3) is 0 Å². The molecule has 0 spiro atoms. The molecule has 17 heavy (non-hydrogen) atoms. The SMILES string of the molecule is CCCCCCC(C)NC(COCC)C(C)C. The van der Waals surface area contributed by atoms with Crippen LogP contribution < -0.4 is 5.32 Å². The van der Waals surface area contributed by atoms with Gasteiger partial charge in [0.15, 0.2) is 0 Å². The summed E-state index contributed by atoms with van der Waals surface area (Å²) in [4.78, 5) is 0. The van der Waals surface area contributed by atoms with E-state index in [1.807, 2.05) is 0 Å². The molecule has 2 unspecified atom stereocenters. The van der Waals surface area contributed by atoms with Crippen molar-refractivity contribution >= 4 is 0 Å². The van der Waals surface area contributed by atoms with Gasteiger partial charge in [-0.15, -0.1) is 0 Å². The maximum absolute atomic E-state index is 5.54. The van der Waals surface area contributed by atoms with Gasteiger partial charge in [0.1, 0.15) is 0 Å². The van der Waals surface area contributed by atoms with Crippen LogP contribution in [0.1, 0.15) is 66.7 Å². The molecule has 0 aromatic carbocycles. The van der Waals surface area contributed by atoms with E-state index in [0.29, 0.717) is 18.0 Å². The molecule has 0 fully saturated rings. The number of nitrogens with one attached hydrogen (secondary N) is 1. The van der Waals surface area contributed by atoms with Crippen LogP contribution in [0.4, 0.5) is 0 Å². The second-order valence-electron chi connectivity index (χ2n) is 5.43. The molecule has 2 nitrogen and oxygen atoms in total. The van der Waals surface area contributed by atoms with Gasteiger partial charge < -0.3 is 10.1 Å². The highest BCUT2D eigenvalue weighted by atomic mass is 16.5. The highest BCUT2D eigenvalue weighted by molar-refractivity contribution is 4.74. The fourth-order valence-electron chi connectivity index (χ4n) is 2.00. The zero-order chi connectivity index (χ0) is 13.1. The van der Waals surface area contributed by atoms with E-state index in [0.717, 1.165) is 13.2 Å². The average molecular weight is 243 g/mol. The van der Waals surface area contributed by atoms with Crippen LogP contribution in [-0.2, 0) is 4.74 Å². The molecule has 1 N–H and O–H groups in total. The first-order valence-corrected chi connectivity index (χ1v) is 7.45. The van der Waals surface area contributed by atoms with Crippen molar-refractivity contribution in [1.82, 2.24) is 5.32 Å². The monoisotopic (exact) mass is 243 g/mol. The number of ether oxygens (including phenoxy) is 1.